The van der Waals surface area contributed by atoms with Crippen LogP contribution in [0.3, 0.4) is 0 Å². The molecule has 0 aliphatic carbocycles. The van der Waals surface area contributed by atoms with Gasteiger partial charge in [-0.2, -0.15) is 27.2 Å². The Morgan fingerprint density at radius 2 is 1.81 bits per heavy atom. The second-order valence-corrected chi connectivity index (χ2v) is 5.70. The van der Waals surface area contributed by atoms with Crippen molar-refractivity contribution in [2.45, 2.75) is 12.1 Å². The highest BCUT2D eigenvalue weighted by atomic mass is 79.9. The summed E-state index contributed by atoms with van der Waals surface area (Å²) in [5, 5.41) is 8.95. The lowest BCUT2D eigenvalue weighted by atomic mass is 10.2. The van der Waals surface area contributed by atoms with Gasteiger partial charge in [-0.25, -0.2) is 9.36 Å². The molecule has 0 fully saturated rings. The normalized spacial score (nSPS) is 11.9. The fourth-order valence-electron chi connectivity index (χ4n) is 2.01. The number of methoxy groups -OCH3 is 1. The number of hydrogen-bond donors (Lipinski definition) is 1. The molecule has 26 heavy (non-hydrogen) atoms. The van der Waals surface area contributed by atoms with Crippen LogP contribution in [0.25, 0.3) is 5.69 Å². The first-order valence-corrected chi connectivity index (χ1v) is 7.32. The third kappa shape index (κ3) is 3.22. The number of H-pyrrole nitrogens is 1. The Kier molecular flexibility index (Phi) is 4.96. The number of nitrogens with one attached hydrogen (secondary N) is 1. The average molecular weight is 440 g/mol. The number of aromatic amines is 1. The van der Waals surface area contributed by atoms with Gasteiger partial charge in [0.15, 0.2) is 0 Å². The zero-order valence-electron chi connectivity index (χ0n) is 12.6. The van der Waals surface area contributed by atoms with Crippen LogP contribution < -0.4 is 16.0 Å². The number of nitriles is 1. The largest absolute Gasteiger partial charge is 0.495 e. The second kappa shape index (κ2) is 6.56. The molecule has 1 aromatic carbocycles. The van der Waals surface area contributed by atoms with E-state index in [2.05, 4.69) is 15.9 Å². The van der Waals surface area contributed by atoms with Gasteiger partial charge in [0.25, 0.3) is 5.56 Å². The average Bonchev–Trinajstić information content (AvgIpc) is 2.53. The minimum absolute atomic E-state index is 0.0273. The van der Waals surface area contributed by atoms with Crippen molar-refractivity contribution < 1.29 is 26.7 Å². The summed E-state index contributed by atoms with van der Waals surface area (Å²) in [7, 11) is 1.15. The maximum Gasteiger partial charge on any atom is 0.459 e. The number of alkyl halides is 5. The van der Waals surface area contributed by atoms with Crippen LogP contribution in [0, 0.1) is 11.3 Å². The minimum Gasteiger partial charge on any atom is -0.495 e. The number of aromatic nitrogens is 2. The molecule has 0 atom stereocenters. The maximum atomic E-state index is 13.4. The molecule has 0 aliphatic heterocycles. The molecule has 0 bridgehead atoms. The summed E-state index contributed by atoms with van der Waals surface area (Å²) in [6.07, 6.45) is -6.00. The number of nitrogens with zero attached hydrogens (tertiary/aromatic N) is 2. The van der Waals surface area contributed by atoms with E-state index in [1.807, 2.05) is 0 Å². The molecule has 2 rings (SSSR count). The van der Waals surface area contributed by atoms with Crippen molar-refractivity contribution in [2.24, 2.45) is 0 Å². The van der Waals surface area contributed by atoms with E-state index in [0.29, 0.717) is 4.57 Å². The van der Waals surface area contributed by atoms with Crippen molar-refractivity contribution in [1.29, 1.82) is 5.26 Å². The molecule has 0 aliphatic rings. The van der Waals surface area contributed by atoms with Crippen LogP contribution in [0.15, 0.2) is 32.3 Å². The van der Waals surface area contributed by atoms with Gasteiger partial charge in [0.05, 0.1) is 18.4 Å². The minimum atomic E-state index is -6.00. The van der Waals surface area contributed by atoms with Crippen LogP contribution in [0.2, 0.25) is 0 Å². The Morgan fingerprint density at radius 3 is 2.27 bits per heavy atom. The smallest absolute Gasteiger partial charge is 0.459 e. The Bertz CT molecular complexity index is 989. The number of hydrogen-bond acceptors (Lipinski definition) is 4. The summed E-state index contributed by atoms with van der Waals surface area (Å²) >= 11 is 3.01. The molecule has 0 spiro atoms. The summed E-state index contributed by atoms with van der Waals surface area (Å²) in [6, 6.07) is 4.05. The van der Waals surface area contributed by atoms with Crippen LogP contribution in [0.4, 0.5) is 22.0 Å². The number of benzene rings is 1. The maximum absolute atomic E-state index is 13.4. The molecule has 138 valence electrons. The van der Waals surface area contributed by atoms with Crippen molar-refractivity contribution in [1.82, 2.24) is 9.55 Å². The predicted octanol–water partition coefficient (Wildman–Crippen LogP) is 2.82. The van der Waals surface area contributed by atoms with Gasteiger partial charge < -0.3 is 9.72 Å². The molecule has 1 heterocycles. The number of ether oxygens (including phenoxy) is 1. The number of rotatable bonds is 3. The quantitative estimate of drug-likeness (QED) is 0.744. The standard InChI is InChI=1S/C14H7BrF5N3O3/c1-26-9-2-6(5-21)7(15)3-8(9)23-11(24)4-10(22-12(23)25)13(16,17)14(18,19)20/h2-4H,1H3,(H,22,25). The van der Waals surface area contributed by atoms with Crippen molar-refractivity contribution in [3.8, 4) is 17.5 Å². The fraction of sp³-hybridized carbons (Fsp3) is 0.214. The molecule has 12 heteroatoms. The lowest BCUT2D eigenvalue weighted by Crippen LogP contribution is -2.41. The van der Waals surface area contributed by atoms with E-state index in [-0.39, 0.29) is 27.5 Å². The van der Waals surface area contributed by atoms with Gasteiger partial charge in [0.1, 0.15) is 17.5 Å². The molecule has 0 saturated heterocycles. The van der Waals surface area contributed by atoms with Crippen LogP contribution in [-0.4, -0.2) is 22.8 Å². The molecule has 0 unspecified atom stereocenters. The molecule has 1 aromatic heterocycles. The topological polar surface area (TPSA) is 87.9 Å². The second-order valence-electron chi connectivity index (χ2n) is 4.85. The summed E-state index contributed by atoms with van der Waals surface area (Å²) in [4.78, 5) is 25.5. The summed E-state index contributed by atoms with van der Waals surface area (Å²) in [5.41, 5.74) is -5.04. The molecule has 0 saturated carbocycles. The molecule has 0 radical (unpaired) electrons. The van der Waals surface area contributed by atoms with Crippen LogP contribution >= 0.6 is 15.9 Å². The van der Waals surface area contributed by atoms with Crippen molar-refractivity contribution in [3.63, 3.8) is 0 Å². The van der Waals surface area contributed by atoms with Crippen LogP contribution in [0.1, 0.15) is 11.3 Å². The first kappa shape index (κ1) is 19.6. The fourth-order valence-corrected chi connectivity index (χ4v) is 2.43. The van der Waals surface area contributed by atoms with Gasteiger partial charge in [-0.1, -0.05) is 0 Å². The van der Waals surface area contributed by atoms with E-state index in [1.165, 1.54) is 4.98 Å². The molecule has 6 nitrogen and oxygen atoms in total. The van der Waals surface area contributed by atoms with Crippen molar-refractivity contribution in [3.05, 3.63) is 54.8 Å². The predicted molar refractivity (Wildman–Crippen MR) is 81.6 cm³/mol. The zero-order valence-corrected chi connectivity index (χ0v) is 14.2. The Morgan fingerprint density at radius 1 is 1.19 bits per heavy atom. The highest BCUT2D eigenvalue weighted by molar-refractivity contribution is 9.10. The first-order valence-electron chi connectivity index (χ1n) is 6.53. The van der Waals surface area contributed by atoms with E-state index in [0.717, 1.165) is 19.2 Å². The van der Waals surface area contributed by atoms with Crippen LogP contribution in [0.5, 0.6) is 5.75 Å². The van der Waals surface area contributed by atoms with Gasteiger partial charge in [0.2, 0.25) is 0 Å². The highest BCUT2D eigenvalue weighted by Crippen LogP contribution is 2.42. The molecule has 1 N–H and O–H groups in total. The lowest BCUT2D eigenvalue weighted by molar-refractivity contribution is -0.291. The summed E-state index contributed by atoms with van der Waals surface area (Å²) in [6.45, 7) is 0. The Balaban J connectivity index is 2.76. The van der Waals surface area contributed by atoms with Gasteiger partial charge in [0, 0.05) is 16.6 Å². The summed E-state index contributed by atoms with van der Waals surface area (Å²) < 4.78 is 69.4. The van der Waals surface area contributed by atoms with E-state index in [9.17, 15) is 31.5 Å². The monoisotopic (exact) mass is 439 g/mol. The third-order valence-corrected chi connectivity index (χ3v) is 3.91. The first-order chi connectivity index (χ1) is 11.9. The van der Waals surface area contributed by atoms with Gasteiger partial charge in [-0.05, 0) is 22.0 Å². The Hall–Kier alpha value is -2.68. The SMILES string of the molecule is COc1cc(C#N)c(Br)cc1-n1c(=O)cc(C(F)(F)C(F)(F)F)[nH]c1=O. The molecule has 0 amide bonds. The third-order valence-electron chi connectivity index (χ3n) is 3.26. The zero-order chi connectivity index (χ0) is 19.9. The Labute approximate surface area is 149 Å². The van der Waals surface area contributed by atoms with Crippen LogP contribution in [-0.2, 0) is 5.92 Å². The van der Waals surface area contributed by atoms with Crippen molar-refractivity contribution >= 4 is 15.9 Å². The highest BCUT2D eigenvalue weighted by Gasteiger charge is 2.59. The van der Waals surface area contributed by atoms with E-state index >= 15 is 0 Å². The van der Waals surface area contributed by atoms with E-state index < -0.39 is 29.0 Å². The van der Waals surface area contributed by atoms with Gasteiger partial charge >= 0.3 is 17.8 Å². The lowest BCUT2D eigenvalue weighted by Gasteiger charge is -2.19. The van der Waals surface area contributed by atoms with Gasteiger partial charge in [-0.3, -0.25) is 4.79 Å². The molecule has 2 aromatic rings. The summed E-state index contributed by atoms with van der Waals surface area (Å²) in [5.74, 6) is -5.56. The molecular formula is C14H7BrF5N3O3. The number of halogens is 6. The van der Waals surface area contributed by atoms with Gasteiger partial charge in [-0.15, -0.1) is 0 Å². The van der Waals surface area contributed by atoms with Crippen molar-refractivity contribution in [2.75, 3.05) is 7.11 Å². The van der Waals surface area contributed by atoms with E-state index in [4.69, 9.17) is 10.00 Å². The molecular weight excluding hydrogens is 433 g/mol. The van der Waals surface area contributed by atoms with E-state index in [1.54, 1.807) is 6.07 Å².